The van der Waals surface area contributed by atoms with E-state index in [1.807, 2.05) is 10.9 Å². The number of aliphatic hydroxyl groups is 1. The summed E-state index contributed by atoms with van der Waals surface area (Å²) in [5, 5.41) is 13.3. The molecule has 1 rings (SSSR count). The second-order valence-electron chi connectivity index (χ2n) is 4.21. The Balaban J connectivity index is 2.44. The standard InChI is InChI=1S/C11H20N2O/c1-9(2)13-7-6-11(12-13)5-4-10(3)8-14/h6-7,9-10,14H,4-5,8H2,1-3H3. The molecule has 1 heterocycles. The van der Waals surface area contributed by atoms with Gasteiger partial charge in [0, 0.05) is 18.8 Å². The summed E-state index contributed by atoms with van der Waals surface area (Å²) >= 11 is 0. The molecule has 80 valence electrons. The maximum Gasteiger partial charge on any atom is 0.0624 e. The van der Waals surface area contributed by atoms with Gasteiger partial charge >= 0.3 is 0 Å². The van der Waals surface area contributed by atoms with Crippen molar-refractivity contribution in [3.63, 3.8) is 0 Å². The van der Waals surface area contributed by atoms with E-state index in [4.69, 9.17) is 5.11 Å². The van der Waals surface area contributed by atoms with Crippen LogP contribution in [0.5, 0.6) is 0 Å². The van der Waals surface area contributed by atoms with Crippen molar-refractivity contribution in [2.75, 3.05) is 6.61 Å². The van der Waals surface area contributed by atoms with E-state index < -0.39 is 0 Å². The van der Waals surface area contributed by atoms with Crippen LogP contribution in [-0.4, -0.2) is 21.5 Å². The summed E-state index contributed by atoms with van der Waals surface area (Å²) in [6, 6.07) is 2.49. The lowest BCUT2D eigenvalue weighted by Gasteiger charge is -2.06. The fourth-order valence-corrected chi connectivity index (χ4v) is 1.28. The molecule has 0 aliphatic carbocycles. The van der Waals surface area contributed by atoms with E-state index in [2.05, 4.69) is 31.9 Å². The molecule has 0 aromatic carbocycles. The lowest BCUT2D eigenvalue weighted by Crippen LogP contribution is -2.04. The lowest BCUT2D eigenvalue weighted by atomic mass is 10.1. The van der Waals surface area contributed by atoms with Gasteiger partial charge in [0.05, 0.1) is 5.69 Å². The van der Waals surface area contributed by atoms with Gasteiger partial charge in [-0.05, 0) is 38.7 Å². The van der Waals surface area contributed by atoms with Crippen molar-refractivity contribution in [3.05, 3.63) is 18.0 Å². The Morgan fingerprint density at radius 3 is 2.64 bits per heavy atom. The third kappa shape index (κ3) is 3.14. The SMILES string of the molecule is CC(CO)CCc1ccn(C(C)C)n1. The highest BCUT2D eigenvalue weighted by Crippen LogP contribution is 2.09. The summed E-state index contributed by atoms with van der Waals surface area (Å²) in [6.07, 6.45) is 3.98. The number of hydrogen-bond donors (Lipinski definition) is 1. The molecule has 0 radical (unpaired) electrons. The maximum atomic E-state index is 8.88. The van der Waals surface area contributed by atoms with Crippen LogP contribution < -0.4 is 0 Å². The van der Waals surface area contributed by atoms with Crippen LogP contribution in [0.15, 0.2) is 12.3 Å². The second-order valence-corrected chi connectivity index (χ2v) is 4.21. The Morgan fingerprint density at radius 1 is 1.43 bits per heavy atom. The van der Waals surface area contributed by atoms with Crippen LogP contribution in [0.4, 0.5) is 0 Å². The van der Waals surface area contributed by atoms with E-state index in [0.29, 0.717) is 12.0 Å². The monoisotopic (exact) mass is 196 g/mol. The third-order valence-corrected chi connectivity index (χ3v) is 2.40. The number of hydrogen-bond acceptors (Lipinski definition) is 2. The van der Waals surface area contributed by atoms with Crippen LogP contribution in [0, 0.1) is 5.92 Å². The predicted molar refractivity (Wildman–Crippen MR) is 57.2 cm³/mol. The first-order valence-corrected chi connectivity index (χ1v) is 5.28. The van der Waals surface area contributed by atoms with Crippen LogP contribution in [0.25, 0.3) is 0 Å². The highest BCUT2D eigenvalue weighted by Gasteiger charge is 2.04. The number of rotatable bonds is 5. The van der Waals surface area contributed by atoms with E-state index in [1.165, 1.54) is 0 Å². The molecule has 1 aromatic rings. The molecule has 0 fully saturated rings. The topological polar surface area (TPSA) is 38.0 Å². The Labute approximate surface area is 85.8 Å². The maximum absolute atomic E-state index is 8.88. The third-order valence-electron chi connectivity index (χ3n) is 2.40. The first-order valence-electron chi connectivity index (χ1n) is 5.28. The fraction of sp³-hybridized carbons (Fsp3) is 0.727. The van der Waals surface area contributed by atoms with E-state index in [9.17, 15) is 0 Å². The molecule has 1 unspecified atom stereocenters. The minimum atomic E-state index is 0.269. The summed E-state index contributed by atoms with van der Waals surface area (Å²) in [6.45, 7) is 6.56. The van der Waals surface area contributed by atoms with Gasteiger partial charge in [0.2, 0.25) is 0 Å². The predicted octanol–water partition coefficient (Wildman–Crippen LogP) is 2.02. The molecule has 3 heteroatoms. The van der Waals surface area contributed by atoms with Crippen molar-refractivity contribution in [2.24, 2.45) is 5.92 Å². The summed E-state index contributed by atoms with van der Waals surface area (Å²) in [7, 11) is 0. The summed E-state index contributed by atoms with van der Waals surface area (Å²) in [5.74, 6) is 0.374. The van der Waals surface area contributed by atoms with Gasteiger partial charge in [-0.25, -0.2) is 0 Å². The molecule has 0 amide bonds. The van der Waals surface area contributed by atoms with E-state index in [1.54, 1.807) is 0 Å². The zero-order chi connectivity index (χ0) is 10.6. The van der Waals surface area contributed by atoms with Crippen LogP contribution in [0.2, 0.25) is 0 Å². The van der Waals surface area contributed by atoms with Crippen molar-refractivity contribution >= 4 is 0 Å². The van der Waals surface area contributed by atoms with Crippen molar-refractivity contribution in [1.29, 1.82) is 0 Å². The van der Waals surface area contributed by atoms with E-state index >= 15 is 0 Å². The quantitative estimate of drug-likeness (QED) is 0.782. The summed E-state index contributed by atoms with van der Waals surface area (Å²) in [4.78, 5) is 0. The fourth-order valence-electron chi connectivity index (χ4n) is 1.28. The van der Waals surface area contributed by atoms with Gasteiger partial charge in [0.15, 0.2) is 0 Å². The van der Waals surface area contributed by atoms with Crippen LogP contribution in [0.3, 0.4) is 0 Å². The van der Waals surface area contributed by atoms with Gasteiger partial charge in [0.1, 0.15) is 0 Å². The highest BCUT2D eigenvalue weighted by atomic mass is 16.3. The largest absolute Gasteiger partial charge is 0.396 e. The molecule has 1 N–H and O–H groups in total. The van der Waals surface area contributed by atoms with Gasteiger partial charge in [0.25, 0.3) is 0 Å². The van der Waals surface area contributed by atoms with Crippen LogP contribution >= 0.6 is 0 Å². The Bertz CT molecular complexity index is 268. The van der Waals surface area contributed by atoms with Gasteiger partial charge in [-0.1, -0.05) is 6.92 Å². The average molecular weight is 196 g/mol. The summed E-state index contributed by atoms with van der Waals surface area (Å²) in [5.41, 5.74) is 1.12. The van der Waals surface area contributed by atoms with Crippen molar-refractivity contribution in [2.45, 2.75) is 39.7 Å². The minimum Gasteiger partial charge on any atom is -0.396 e. The Morgan fingerprint density at radius 2 is 2.14 bits per heavy atom. The lowest BCUT2D eigenvalue weighted by molar-refractivity contribution is 0.230. The molecule has 14 heavy (non-hydrogen) atoms. The first kappa shape index (κ1) is 11.2. The summed E-state index contributed by atoms with van der Waals surface area (Å²) < 4.78 is 1.97. The molecule has 1 atom stereocenters. The average Bonchev–Trinajstić information content (AvgIpc) is 2.62. The minimum absolute atomic E-state index is 0.269. The zero-order valence-electron chi connectivity index (χ0n) is 9.27. The molecular weight excluding hydrogens is 176 g/mol. The molecule has 1 aromatic heterocycles. The molecule has 3 nitrogen and oxygen atoms in total. The molecule has 0 bridgehead atoms. The highest BCUT2D eigenvalue weighted by molar-refractivity contribution is 4.99. The smallest absolute Gasteiger partial charge is 0.0624 e. The molecule has 0 spiro atoms. The van der Waals surface area contributed by atoms with Gasteiger partial charge < -0.3 is 5.11 Å². The molecular formula is C11H20N2O. The van der Waals surface area contributed by atoms with Crippen LogP contribution in [0.1, 0.15) is 38.9 Å². The zero-order valence-corrected chi connectivity index (χ0v) is 9.27. The van der Waals surface area contributed by atoms with Crippen molar-refractivity contribution in [1.82, 2.24) is 9.78 Å². The first-order chi connectivity index (χ1) is 6.63. The van der Waals surface area contributed by atoms with Gasteiger partial charge in [-0.2, -0.15) is 5.10 Å². The van der Waals surface area contributed by atoms with Gasteiger partial charge in [-0.3, -0.25) is 4.68 Å². The normalized spacial score (nSPS) is 13.5. The van der Waals surface area contributed by atoms with Crippen molar-refractivity contribution < 1.29 is 5.11 Å². The Kier molecular flexibility index (Phi) is 4.14. The number of aryl methyl sites for hydroxylation is 1. The Hall–Kier alpha value is -0.830. The van der Waals surface area contributed by atoms with Crippen LogP contribution in [-0.2, 0) is 6.42 Å². The van der Waals surface area contributed by atoms with E-state index in [-0.39, 0.29) is 6.61 Å². The van der Waals surface area contributed by atoms with Crippen molar-refractivity contribution in [3.8, 4) is 0 Å². The van der Waals surface area contributed by atoms with E-state index in [0.717, 1.165) is 18.5 Å². The molecule has 0 aliphatic heterocycles. The molecule has 0 saturated heterocycles. The number of nitrogens with zero attached hydrogens (tertiary/aromatic N) is 2. The number of aromatic nitrogens is 2. The molecule has 0 aliphatic rings. The molecule has 0 saturated carbocycles. The number of aliphatic hydroxyl groups excluding tert-OH is 1. The van der Waals surface area contributed by atoms with Gasteiger partial charge in [-0.15, -0.1) is 0 Å². The second kappa shape index (κ2) is 5.15.